The fraction of sp³-hybridized carbons (Fsp3) is 0.310. The van der Waals surface area contributed by atoms with Crippen LogP contribution in [0.3, 0.4) is 0 Å². The third-order valence-corrected chi connectivity index (χ3v) is 6.73. The van der Waals surface area contributed by atoms with Crippen molar-refractivity contribution in [3.63, 3.8) is 0 Å². The second-order valence-electron chi connectivity index (χ2n) is 9.18. The van der Waals surface area contributed by atoms with Crippen molar-refractivity contribution >= 4 is 17.5 Å². The predicted molar refractivity (Wildman–Crippen MR) is 137 cm³/mol. The average Bonchev–Trinajstić information content (AvgIpc) is 3.44. The number of ether oxygens (including phenoxy) is 3. The summed E-state index contributed by atoms with van der Waals surface area (Å²) < 4.78 is 30.6. The molecule has 1 fully saturated rings. The van der Waals surface area contributed by atoms with E-state index in [0.717, 1.165) is 25.7 Å². The number of carbonyl (C=O) groups excluding carboxylic acids is 2. The second-order valence-corrected chi connectivity index (χ2v) is 9.18. The van der Waals surface area contributed by atoms with E-state index in [2.05, 4.69) is 5.32 Å². The number of hydrogen-bond donors (Lipinski definition) is 1. The normalized spacial score (nSPS) is 15.6. The van der Waals surface area contributed by atoms with Gasteiger partial charge in [-0.05, 0) is 60.9 Å². The van der Waals surface area contributed by atoms with E-state index in [4.69, 9.17) is 14.2 Å². The van der Waals surface area contributed by atoms with Crippen LogP contribution in [0.2, 0.25) is 0 Å². The molecule has 1 aliphatic heterocycles. The molecule has 37 heavy (non-hydrogen) atoms. The summed E-state index contributed by atoms with van der Waals surface area (Å²) in [6.07, 6.45) is 3.86. The molecule has 7 nitrogen and oxygen atoms in total. The van der Waals surface area contributed by atoms with Crippen LogP contribution >= 0.6 is 0 Å². The van der Waals surface area contributed by atoms with Crippen LogP contribution in [0, 0.1) is 5.82 Å². The molecule has 0 saturated heterocycles. The Morgan fingerprint density at radius 1 is 0.973 bits per heavy atom. The zero-order valence-electron chi connectivity index (χ0n) is 20.6. The number of nitrogens with zero attached hydrogens (tertiary/aromatic N) is 1. The zero-order valence-corrected chi connectivity index (χ0v) is 20.6. The van der Waals surface area contributed by atoms with Gasteiger partial charge in [-0.2, -0.15) is 0 Å². The van der Waals surface area contributed by atoms with Crippen molar-refractivity contribution in [1.29, 1.82) is 0 Å². The molecule has 8 heteroatoms. The van der Waals surface area contributed by atoms with E-state index in [0.29, 0.717) is 47.3 Å². The fourth-order valence-electron chi connectivity index (χ4n) is 4.87. The van der Waals surface area contributed by atoms with Gasteiger partial charge in [-0.3, -0.25) is 14.5 Å². The minimum Gasteiger partial charge on any atom is -0.497 e. The highest BCUT2D eigenvalue weighted by molar-refractivity contribution is 6.10. The number of benzene rings is 3. The first-order valence-electron chi connectivity index (χ1n) is 12.5. The van der Waals surface area contributed by atoms with E-state index in [1.807, 2.05) is 0 Å². The van der Waals surface area contributed by atoms with Crippen molar-refractivity contribution in [2.24, 2.45) is 0 Å². The molecule has 1 saturated carbocycles. The third kappa shape index (κ3) is 5.38. The maximum atomic E-state index is 14.2. The van der Waals surface area contributed by atoms with Gasteiger partial charge < -0.3 is 19.5 Å². The van der Waals surface area contributed by atoms with Crippen molar-refractivity contribution in [1.82, 2.24) is 5.32 Å². The molecule has 192 valence electrons. The molecule has 1 atom stereocenters. The molecule has 5 rings (SSSR count). The highest BCUT2D eigenvalue weighted by atomic mass is 19.1. The summed E-state index contributed by atoms with van der Waals surface area (Å²) in [6, 6.07) is 16.6. The Balaban J connectivity index is 1.61. The first kappa shape index (κ1) is 24.6. The molecule has 0 bridgehead atoms. The van der Waals surface area contributed by atoms with E-state index < -0.39 is 17.8 Å². The van der Waals surface area contributed by atoms with Crippen LogP contribution < -0.4 is 24.4 Å². The van der Waals surface area contributed by atoms with Crippen molar-refractivity contribution < 1.29 is 28.2 Å². The molecule has 1 heterocycles. The van der Waals surface area contributed by atoms with E-state index in [1.54, 1.807) is 54.6 Å². The number of hydrogen-bond acceptors (Lipinski definition) is 5. The number of methoxy groups -OCH3 is 1. The number of rotatable bonds is 7. The smallest absolute Gasteiger partial charge is 0.259 e. The molecule has 0 aromatic heterocycles. The summed E-state index contributed by atoms with van der Waals surface area (Å²) in [4.78, 5) is 29.5. The first-order chi connectivity index (χ1) is 18.0. The Morgan fingerprint density at radius 2 is 1.70 bits per heavy atom. The average molecular weight is 505 g/mol. The highest BCUT2D eigenvalue weighted by Crippen LogP contribution is 2.35. The topological polar surface area (TPSA) is 77.1 Å². The largest absolute Gasteiger partial charge is 0.497 e. The fourth-order valence-corrected chi connectivity index (χ4v) is 4.87. The number of halogens is 1. The molecule has 2 amide bonds. The van der Waals surface area contributed by atoms with Gasteiger partial charge in [-0.1, -0.05) is 31.0 Å². The van der Waals surface area contributed by atoms with Gasteiger partial charge in [-0.15, -0.1) is 0 Å². The minimum absolute atomic E-state index is 0.0343. The number of nitrogens with one attached hydrogen (secondary N) is 1. The van der Waals surface area contributed by atoms with Gasteiger partial charge in [0.05, 0.1) is 7.11 Å². The molecule has 2 aliphatic rings. The van der Waals surface area contributed by atoms with Crippen LogP contribution in [0.25, 0.3) is 0 Å². The summed E-state index contributed by atoms with van der Waals surface area (Å²) in [5.74, 6) is 0.394. The molecule has 1 N–H and O–H groups in total. The lowest BCUT2D eigenvalue weighted by Crippen LogP contribution is -2.46. The molecule has 0 spiro atoms. The number of carbonyl (C=O) groups is 2. The number of anilines is 1. The van der Waals surface area contributed by atoms with Gasteiger partial charge in [0.25, 0.3) is 5.91 Å². The Hall–Kier alpha value is -4.07. The first-order valence-corrected chi connectivity index (χ1v) is 12.5. The van der Waals surface area contributed by atoms with E-state index in [9.17, 15) is 14.0 Å². The molecular formula is C29H29FN2O5. The lowest BCUT2D eigenvalue weighted by atomic mass is 10.0. The molecule has 3 aromatic carbocycles. The summed E-state index contributed by atoms with van der Waals surface area (Å²) in [5.41, 5.74) is 1.29. The second kappa shape index (κ2) is 10.9. The number of fused-ring (bicyclic) bond motifs is 1. The maximum Gasteiger partial charge on any atom is 0.259 e. The van der Waals surface area contributed by atoms with Gasteiger partial charge in [0.1, 0.15) is 30.8 Å². The van der Waals surface area contributed by atoms with E-state index >= 15 is 0 Å². The molecular weight excluding hydrogens is 475 g/mol. The maximum absolute atomic E-state index is 14.2. The lowest BCUT2D eigenvalue weighted by Gasteiger charge is -2.33. The van der Waals surface area contributed by atoms with Crippen LogP contribution in [-0.2, 0) is 4.79 Å². The van der Waals surface area contributed by atoms with Gasteiger partial charge in [0, 0.05) is 23.4 Å². The lowest BCUT2D eigenvalue weighted by molar-refractivity contribution is -0.123. The molecule has 1 aliphatic carbocycles. The van der Waals surface area contributed by atoms with Gasteiger partial charge in [0.2, 0.25) is 5.91 Å². The van der Waals surface area contributed by atoms with Crippen LogP contribution in [0.5, 0.6) is 17.2 Å². The number of amides is 2. The minimum atomic E-state index is -1.05. The molecule has 3 aromatic rings. The van der Waals surface area contributed by atoms with Crippen molar-refractivity contribution in [3.8, 4) is 17.2 Å². The SMILES string of the molecule is COc1cccc(N(C(=O)c2ccc3c(c2)OCCO3)C(C(=O)NC2CCCC2)c2ccc(F)cc2)c1. The van der Waals surface area contributed by atoms with Crippen LogP contribution in [0.15, 0.2) is 66.7 Å². The Kier molecular flexibility index (Phi) is 7.25. The molecule has 1 unspecified atom stereocenters. The predicted octanol–water partition coefficient (Wildman–Crippen LogP) is 5.05. The van der Waals surface area contributed by atoms with Gasteiger partial charge in [-0.25, -0.2) is 4.39 Å². The van der Waals surface area contributed by atoms with Crippen LogP contribution in [-0.4, -0.2) is 38.2 Å². The van der Waals surface area contributed by atoms with Crippen LogP contribution in [0.1, 0.15) is 47.6 Å². The summed E-state index contributed by atoms with van der Waals surface area (Å²) >= 11 is 0. The zero-order chi connectivity index (χ0) is 25.8. The Labute approximate surface area is 215 Å². The summed E-state index contributed by atoms with van der Waals surface area (Å²) in [6.45, 7) is 0.816. The quantitative estimate of drug-likeness (QED) is 0.487. The Bertz CT molecular complexity index is 1270. The van der Waals surface area contributed by atoms with Gasteiger partial charge >= 0.3 is 0 Å². The van der Waals surface area contributed by atoms with E-state index in [1.165, 1.54) is 24.1 Å². The summed E-state index contributed by atoms with van der Waals surface area (Å²) in [5, 5.41) is 3.12. The third-order valence-electron chi connectivity index (χ3n) is 6.73. The summed E-state index contributed by atoms with van der Waals surface area (Å²) in [7, 11) is 1.54. The monoisotopic (exact) mass is 504 g/mol. The van der Waals surface area contributed by atoms with Crippen molar-refractivity contribution in [3.05, 3.63) is 83.7 Å². The Morgan fingerprint density at radius 3 is 2.43 bits per heavy atom. The standard InChI is InChI=1S/C29H29FN2O5/c1-35-24-8-4-7-23(18-24)32(29(34)20-11-14-25-26(17-20)37-16-15-36-25)27(19-9-12-21(30)13-10-19)28(33)31-22-5-2-3-6-22/h4,7-14,17-18,22,27H,2-3,5-6,15-16H2,1H3,(H,31,33). The highest BCUT2D eigenvalue weighted by Gasteiger charge is 2.35. The van der Waals surface area contributed by atoms with Gasteiger partial charge in [0.15, 0.2) is 11.5 Å². The van der Waals surface area contributed by atoms with Crippen LogP contribution in [0.4, 0.5) is 10.1 Å². The van der Waals surface area contributed by atoms with Crippen molar-refractivity contribution in [2.75, 3.05) is 25.2 Å². The van der Waals surface area contributed by atoms with Crippen molar-refractivity contribution in [2.45, 2.75) is 37.8 Å². The molecule has 0 radical (unpaired) electrons. The van der Waals surface area contributed by atoms with E-state index in [-0.39, 0.29) is 11.9 Å².